The number of aromatic nitrogens is 1. The van der Waals surface area contributed by atoms with Gasteiger partial charge in [-0.3, -0.25) is 9.78 Å². The molecule has 1 aromatic heterocycles. The van der Waals surface area contributed by atoms with Crippen molar-refractivity contribution in [3.8, 4) is 11.1 Å². The Kier molecular flexibility index (Phi) is 10.4. The highest BCUT2D eigenvalue weighted by Crippen LogP contribution is 2.33. The van der Waals surface area contributed by atoms with Gasteiger partial charge in [0, 0.05) is 17.9 Å². The second-order valence-corrected chi connectivity index (χ2v) is 9.81. The highest BCUT2D eigenvalue weighted by Gasteiger charge is 2.22. The number of halogens is 1. The van der Waals surface area contributed by atoms with E-state index in [1.54, 1.807) is 19.1 Å². The van der Waals surface area contributed by atoms with Crippen molar-refractivity contribution in [2.24, 2.45) is 11.7 Å². The average Bonchev–Trinajstić information content (AvgIpc) is 2.81. The van der Waals surface area contributed by atoms with E-state index in [0.717, 1.165) is 56.8 Å². The maximum absolute atomic E-state index is 13.0. The number of aromatic carboxylic acids is 1. The van der Waals surface area contributed by atoms with Gasteiger partial charge in [0.15, 0.2) is 0 Å². The SMILES string of the molecule is Cc1ccc(-c2c(CC(=O)OCc3ccc(C(=O)O)c(C)c3C)c(C)nc(CC(C)C)c2CN)cc1.Cl. The summed E-state index contributed by atoms with van der Waals surface area (Å²) in [5, 5.41) is 9.33. The molecule has 0 spiro atoms. The van der Waals surface area contributed by atoms with Gasteiger partial charge >= 0.3 is 11.9 Å². The first-order chi connectivity index (χ1) is 17.0. The number of rotatable bonds is 9. The van der Waals surface area contributed by atoms with Crippen molar-refractivity contribution in [3.63, 3.8) is 0 Å². The molecule has 198 valence electrons. The second-order valence-electron chi connectivity index (χ2n) is 9.81. The van der Waals surface area contributed by atoms with Gasteiger partial charge in [0.1, 0.15) is 6.61 Å². The van der Waals surface area contributed by atoms with Crippen LogP contribution in [-0.2, 0) is 35.5 Å². The topological polar surface area (TPSA) is 103 Å². The van der Waals surface area contributed by atoms with Crippen molar-refractivity contribution in [3.05, 3.63) is 86.7 Å². The summed E-state index contributed by atoms with van der Waals surface area (Å²) in [7, 11) is 0. The van der Waals surface area contributed by atoms with Crippen LogP contribution in [0, 0.1) is 33.6 Å². The number of hydrogen-bond donors (Lipinski definition) is 2. The first-order valence-corrected chi connectivity index (χ1v) is 12.3. The molecule has 0 aliphatic rings. The van der Waals surface area contributed by atoms with E-state index < -0.39 is 5.97 Å². The predicted octanol–water partition coefficient (Wildman–Crippen LogP) is 6.05. The summed E-state index contributed by atoms with van der Waals surface area (Å²) in [6.45, 7) is 12.3. The van der Waals surface area contributed by atoms with E-state index in [-0.39, 0.29) is 37.0 Å². The molecule has 0 saturated carbocycles. The minimum absolute atomic E-state index is 0. The number of carboxylic acid groups (broad SMARTS) is 1. The monoisotopic (exact) mass is 524 g/mol. The zero-order valence-electron chi connectivity index (χ0n) is 22.5. The molecule has 0 radical (unpaired) electrons. The minimum atomic E-state index is -0.970. The lowest BCUT2D eigenvalue weighted by molar-refractivity contribution is -0.144. The minimum Gasteiger partial charge on any atom is -0.478 e. The Hall–Kier alpha value is -3.22. The first-order valence-electron chi connectivity index (χ1n) is 12.3. The van der Waals surface area contributed by atoms with E-state index in [2.05, 4.69) is 38.1 Å². The van der Waals surface area contributed by atoms with Gasteiger partial charge in [-0.2, -0.15) is 0 Å². The summed E-state index contributed by atoms with van der Waals surface area (Å²) in [5.41, 5.74) is 15.5. The Balaban J connectivity index is 0.00000481. The van der Waals surface area contributed by atoms with Gasteiger partial charge in [0.05, 0.1) is 12.0 Å². The summed E-state index contributed by atoms with van der Waals surface area (Å²) in [6, 6.07) is 11.5. The van der Waals surface area contributed by atoms with Crippen LogP contribution < -0.4 is 5.73 Å². The molecular formula is C30H37ClN2O4. The third-order valence-corrected chi connectivity index (χ3v) is 6.68. The third-order valence-electron chi connectivity index (χ3n) is 6.68. The number of carbonyl (C=O) groups excluding carboxylic acids is 1. The van der Waals surface area contributed by atoms with Gasteiger partial charge in [-0.05, 0) is 85.0 Å². The summed E-state index contributed by atoms with van der Waals surface area (Å²) in [6.07, 6.45) is 0.879. The summed E-state index contributed by atoms with van der Waals surface area (Å²) >= 11 is 0. The van der Waals surface area contributed by atoms with Crippen LogP contribution >= 0.6 is 12.4 Å². The van der Waals surface area contributed by atoms with Crippen LogP contribution in [0.1, 0.15) is 69.0 Å². The number of nitrogens with two attached hydrogens (primary N) is 1. The van der Waals surface area contributed by atoms with Crippen molar-refractivity contribution < 1.29 is 19.4 Å². The first kappa shape index (κ1) is 30.0. The molecule has 37 heavy (non-hydrogen) atoms. The van der Waals surface area contributed by atoms with Crippen LogP contribution in [0.5, 0.6) is 0 Å². The highest BCUT2D eigenvalue weighted by molar-refractivity contribution is 5.90. The molecule has 0 aliphatic carbocycles. The van der Waals surface area contributed by atoms with E-state index in [4.69, 9.17) is 15.5 Å². The number of esters is 1. The molecule has 0 saturated heterocycles. The molecule has 3 aromatic rings. The maximum atomic E-state index is 13.0. The fourth-order valence-corrected chi connectivity index (χ4v) is 4.52. The molecule has 6 nitrogen and oxygen atoms in total. The van der Waals surface area contributed by atoms with E-state index in [0.29, 0.717) is 18.0 Å². The number of aryl methyl sites for hydroxylation is 2. The van der Waals surface area contributed by atoms with Crippen LogP contribution in [0.15, 0.2) is 36.4 Å². The molecule has 3 rings (SSSR count). The fourth-order valence-electron chi connectivity index (χ4n) is 4.52. The smallest absolute Gasteiger partial charge is 0.335 e. The number of benzene rings is 2. The molecule has 0 atom stereocenters. The molecule has 1 heterocycles. The number of carboxylic acids is 1. The number of pyridine rings is 1. The highest BCUT2D eigenvalue weighted by atomic mass is 35.5. The van der Waals surface area contributed by atoms with E-state index in [9.17, 15) is 14.7 Å². The zero-order valence-corrected chi connectivity index (χ0v) is 23.3. The maximum Gasteiger partial charge on any atom is 0.335 e. The van der Waals surface area contributed by atoms with Crippen LogP contribution in [0.4, 0.5) is 0 Å². The van der Waals surface area contributed by atoms with Crippen LogP contribution in [-0.4, -0.2) is 22.0 Å². The van der Waals surface area contributed by atoms with Crippen molar-refractivity contribution in [2.75, 3.05) is 0 Å². The van der Waals surface area contributed by atoms with E-state index in [1.165, 1.54) is 0 Å². The van der Waals surface area contributed by atoms with Crippen molar-refractivity contribution >= 4 is 24.3 Å². The van der Waals surface area contributed by atoms with Gasteiger partial charge in [0.25, 0.3) is 0 Å². The normalized spacial score (nSPS) is 10.8. The molecule has 0 amide bonds. The van der Waals surface area contributed by atoms with E-state index >= 15 is 0 Å². The van der Waals surface area contributed by atoms with Crippen LogP contribution in [0.25, 0.3) is 11.1 Å². The van der Waals surface area contributed by atoms with Crippen molar-refractivity contribution in [1.29, 1.82) is 0 Å². The third kappa shape index (κ3) is 6.96. The Labute approximate surface area is 225 Å². The summed E-state index contributed by atoms with van der Waals surface area (Å²) < 4.78 is 5.66. The molecule has 0 aliphatic heterocycles. The van der Waals surface area contributed by atoms with Crippen molar-refractivity contribution in [1.82, 2.24) is 4.98 Å². The Morgan fingerprint density at radius 2 is 1.62 bits per heavy atom. The molecule has 0 unspecified atom stereocenters. The lowest BCUT2D eigenvalue weighted by atomic mass is 9.88. The molecule has 2 aromatic carbocycles. The molecule has 0 fully saturated rings. The molecule has 3 N–H and O–H groups in total. The van der Waals surface area contributed by atoms with Gasteiger partial charge in [-0.25, -0.2) is 4.79 Å². The Morgan fingerprint density at radius 1 is 0.973 bits per heavy atom. The molecule has 0 bridgehead atoms. The zero-order chi connectivity index (χ0) is 26.6. The second kappa shape index (κ2) is 12.8. The number of ether oxygens (including phenoxy) is 1. The fraction of sp³-hybridized carbons (Fsp3) is 0.367. The molecule has 7 heteroatoms. The Bertz CT molecular complexity index is 1280. The standard InChI is InChI=1S/C30H36N2O4.ClH/c1-17(2)13-27-26(15-31)29(22-9-7-18(3)8-10-22)25(21(6)32-27)14-28(33)36-16-23-11-12-24(30(34)35)20(5)19(23)4;/h7-12,17H,13-16,31H2,1-6H3,(H,34,35);1H. The quantitative estimate of drug-likeness (QED) is 0.330. The lowest BCUT2D eigenvalue weighted by Crippen LogP contribution is -2.16. The largest absolute Gasteiger partial charge is 0.478 e. The van der Waals surface area contributed by atoms with Crippen LogP contribution in [0.3, 0.4) is 0 Å². The van der Waals surface area contributed by atoms with Gasteiger partial charge in [0.2, 0.25) is 0 Å². The molecular weight excluding hydrogens is 488 g/mol. The summed E-state index contributed by atoms with van der Waals surface area (Å²) in [5.74, 6) is -0.919. The van der Waals surface area contributed by atoms with E-state index in [1.807, 2.05) is 20.8 Å². The van der Waals surface area contributed by atoms with Crippen molar-refractivity contribution in [2.45, 2.75) is 67.5 Å². The number of hydrogen-bond acceptors (Lipinski definition) is 5. The average molecular weight is 525 g/mol. The Morgan fingerprint density at radius 3 is 2.19 bits per heavy atom. The number of carbonyl (C=O) groups is 2. The summed E-state index contributed by atoms with van der Waals surface area (Å²) in [4.78, 5) is 29.3. The van der Waals surface area contributed by atoms with Gasteiger partial charge in [-0.15, -0.1) is 12.4 Å². The van der Waals surface area contributed by atoms with Gasteiger partial charge < -0.3 is 15.6 Å². The predicted molar refractivity (Wildman–Crippen MR) is 149 cm³/mol. The lowest BCUT2D eigenvalue weighted by Gasteiger charge is -2.21. The van der Waals surface area contributed by atoms with Gasteiger partial charge in [-0.1, -0.05) is 49.7 Å². The number of nitrogens with zero attached hydrogens (tertiary/aromatic N) is 1. The van der Waals surface area contributed by atoms with Crippen LogP contribution in [0.2, 0.25) is 0 Å².